The van der Waals surface area contributed by atoms with Crippen LogP contribution in [0.3, 0.4) is 0 Å². The van der Waals surface area contributed by atoms with E-state index in [0.717, 1.165) is 30.6 Å². The van der Waals surface area contributed by atoms with Crippen molar-refractivity contribution in [2.24, 2.45) is 0 Å². The van der Waals surface area contributed by atoms with E-state index in [4.69, 9.17) is 21.1 Å². The van der Waals surface area contributed by atoms with Gasteiger partial charge in [0.05, 0.1) is 24.7 Å². The average molecular weight is 313 g/mol. The Hall–Kier alpha value is -1.37. The minimum Gasteiger partial charge on any atom is -0.366 e. The lowest BCUT2D eigenvalue weighted by atomic mass is 10.0. The van der Waals surface area contributed by atoms with E-state index in [0.29, 0.717) is 19.8 Å². The molecule has 1 aromatic carbocycles. The van der Waals surface area contributed by atoms with E-state index < -0.39 is 10.7 Å². The van der Waals surface area contributed by atoms with Gasteiger partial charge in [-0.1, -0.05) is 11.6 Å². The number of nitrogens with zero attached hydrogens (tertiary/aromatic N) is 2. The SMILES string of the molecule is Cc1cc([N+](=O)[O-])c(Cl)cc1N1CCCC2(C1)OCCO2. The van der Waals surface area contributed by atoms with Gasteiger partial charge >= 0.3 is 0 Å². The summed E-state index contributed by atoms with van der Waals surface area (Å²) in [5.41, 5.74) is 1.68. The first-order valence-corrected chi connectivity index (χ1v) is 7.36. The van der Waals surface area contributed by atoms with E-state index in [-0.39, 0.29) is 10.7 Å². The highest BCUT2D eigenvalue weighted by Crippen LogP contribution is 2.37. The van der Waals surface area contributed by atoms with Crippen molar-refractivity contribution in [2.45, 2.75) is 25.6 Å². The van der Waals surface area contributed by atoms with E-state index in [1.54, 1.807) is 6.07 Å². The molecular formula is C14H17ClN2O4. The summed E-state index contributed by atoms with van der Waals surface area (Å²) in [7, 11) is 0. The fourth-order valence-corrected chi connectivity index (χ4v) is 3.29. The molecule has 0 unspecified atom stereocenters. The Bertz CT molecular complexity index is 572. The Morgan fingerprint density at radius 1 is 1.38 bits per heavy atom. The molecule has 2 aliphatic heterocycles. The number of anilines is 1. The van der Waals surface area contributed by atoms with Crippen LogP contribution in [0.4, 0.5) is 11.4 Å². The predicted molar refractivity (Wildman–Crippen MR) is 78.9 cm³/mol. The molecule has 2 heterocycles. The van der Waals surface area contributed by atoms with Crippen molar-refractivity contribution in [2.75, 3.05) is 31.2 Å². The summed E-state index contributed by atoms with van der Waals surface area (Å²) in [6, 6.07) is 3.19. The van der Waals surface area contributed by atoms with Crippen LogP contribution in [0, 0.1) is 17.0 Å². The number of halogens is 1. The van der Waals surface area contributed by atoms with Crippen molar-refractivity contribution in [1.29, 1.82) is 0 Å². The number of rotatable bonds is 2. The van der Waals surface area contributed by atoms with Crippen LogP contribution >= 0.6 is 11.6 Å². The van der Waals surface area contributed by atoms with Crippen LogP contribution < -0.4 is 4.90 Å². The summed E-state index contributed by atoms with van der Waals surface area (Å²) < 4.78 is 11.5. The molecular weight excluding hydrogens is 296 g/mol. The van der Waals surface area contributed by atoms with E-state index in [1.165, 1.54) is 6.07 Å². The lowest BCUT2D eigenvalue weighted by Crippen LogP contribution is -2.49. The van der Waals surface area contributed by atoms with E-state index in [2.05, 4.69) is 4.90 Å². The summed E-state index contributed by atoms with van der Waals surface area (Å²) >= 11 is 6.04. The highest BCUT2D eigenvalue weighted by Gasteiger charge is 2.41. The molecule has 1 aromatic rings. The van der Waals surface area contributed by atoms with Gasteiger partial charge in [0.1, 0.15) is 5.02 Å². The first-order chi connectivity index (χ1) is 10.0. The summed E-state index contributed by atoms with van der Waals surface area (Å²) in [6.07, 6.45) is 1.83. The first kappa shape index (κ1) is 14.6. The number of hydrogen-bond donors (Lipinski definition) is 0. The minimum absolute atomic E-state index is 0.0574. The number of ether oxygens (including phenoxy) is 2. The highest BCUT2D eigenvalue weighted by atomic mass is 35.5. The average Bonchev–Trinajstić information content (AvgIpc) is 2.88. The molecule has 2 saturated heterocycles. The number of piperidine rings is 1. The summed E-state index contributed by atoms with van der Waals surface area (Å²) in [6.45, 7) is 4.59. The van der Waals surface area contributed by atoms with Gasteiger partial charge in [0.2, 0.25) is 0 Å². The summed E-state index contributed by atoms with van der Waals surface area (Å²) in [5.74, 6) is -0.529. The van der Waals surface area contributed by atoms with Gasteiger partial charge in [0, 0.05) is 24.7 Å². The van der Waals surface area contributed by atoms with Crippen molar-refractivity contribution >= 4 is 23.0 Å². The maximum absolute atomic E-state index is 10.9. The van der Waals surface area contributed by atoms with Crippen molar-refractivity contribution < 1.29 is 14.4 Å². The third-order valence-electron chi connectivity index (χ3n) is 4.03. The lowest BCUT2D eigenvalue weighted by Gasteiger charge is -2.40. The topological polar surface area (TPSA) is 64.8 Å². The quantitative estimate of drug-likeness (QED) is 0.620. The predicted octanol–water partition coefficient (Wildman–Crippen LogP) is 2.90. The maximum atomic E-state index is 10.9. The molecule has 0 N–H and O–H groups in total. The van der Waals surface area contributed by atoms with Crippen LogP contribution in [-0.4, -0.2) is 37.0 Å². The van der Waals surface area contributed by atoms with E-state index >= 15 is 0 Å². The number of aryl methyl sites for hydroxylation is 1. The lowest BCUT2D eigenvalue weighted by molar-refractivity contribution is -0.384. The molecule has 0 bridgehead atoms. The molecule has 0 atom stereocenters. The van der Waals surface area contributed by atoms with Crippen LogP contribution in [0.2, 0.25) is 5.02 Å². The first-order valence-electron chi connectivity index (χ1n) is 6.98. The van der Waals surface area contributed by atoms with Crippen LogP contribution in [-0.2, 0) is 9.47 Å². The molecule has 21 heavy (non-hydrogen) atoms. The molecule has 114 valence electrons. The van der Waals surface area contributed by atoms with Crippen LogP contribution in [0.15, 0.2) is 12.1 Å². The van der Waals surface area contributed by atoms with E-state index in [1.807, 2.05) is 6.92 Å². The van der Waals surface area contributed by atoms with Crippen LogP contribution in [0.5, 0.6) is 0 Å². The Labute approximate surface area is 127 Å². The van der Waals surface area contributed by atoms with Crippen LogP contribution in [0.25, 0.3) is 0 Å². The van der Waals surface area contributed by atoms with Crippen molar-refractivity contribution in [1.82, 2.24) is 0 Å². The minimum atomic E-state index is -0.529. The van der Waals surface area contributed by atoms with Gasteiger partial charge in [-0.15, -0.1) is 0 Å². The zero-order valence-electron chi connectivity index (χ0n) is 11.8. The Morgan fingerprint density at radius 2 is 2.10 bits per heavy atom. The van der Waals surface area contributed by atoms with Crippen LogP contribution in [0.1, 0.15) is 18.4 Å². The van der Waals surface area contributed by atoms with Gasteiger partial charge < -0.3 is 14.4 Å². The van der Waals surface area contributed by atoms with Crippen molar-refractivity contribution in [3.8, 4) is 0 Å². The third kappa shape index (κ3) is 2.71. The molecule has 1 spiro atoms. The Morgan fingerprint density at radius 3 is 2.76 bits per heavy atom. The molecule has 3 rings (SSSR count). The zero-order valence-corrected chi connectivity index (χ0v) is 12.6. The van der Waals surface area contributed by atoms with Gasteiger partial charge in [0.25, 0.3) is 5.69 Å². The van der Waals surface area contributed by atoms with Gasteiger partial charge in [-0.3, -0.25) is 10.1 Å². The normalized spacial score (nSPS) is 21.0. The molecule has 0 aliphatic carbocycles. The molecule has 0 radical (unpaired) electrons. The standard InChI is InChI=1S/C14H17ClN2O4/c1-10-7-13(17(18)19)11(15)8-12(10)16-4-2-3-14(9-16)20-5-6-21-14/h7-8H,2-6,9H2,1H3. The Kier molecular flexibility index (Phi) is 3.77. The second kappa shape index (κ2) is 5.44. The Balaban J connectivity index is 1.89. The van der Waals surface area contributed by atoms with Gasteiger partial charge in [0.15, 0.2) is 5.79 Å². The second-order valence-electron chi connectivity index (χ2n) is 5.48. The summed E-state index contributed by atoms with van der Waals surface area (Å²) in [5, 5.41) is 11.1. The number of hydrogen-bond acceptors (Lipinski definition) is 5. The molecule has 0 aromatic heterocycles. The molecule has 2 aliphatic rings. The third-order valence-corrected chi connectivity index (χ3v) is 4.34. The molecule has 7 heteroatoms. The fraction of sp³-hybridized carbons (Fsp3) is 0.571. The molecule has 6 nitrogen and oxygen atoms in total. The molecule has 0 amide bonds. The van der Waals surface area contributed by atoms with Gasteiger partial charge in [-0.2, -0.15) is 0 Å². The summed E-state index contributed by atoms with van der Waals surface area (Å²) in [4.78, 5) is 12.6. The zero-order chi connectivity index (χ0) is 15.0. The van der Waals surface area contributed by atoms with Crippen molar-refractivity contribution in [3.63, 3.8) is 0 Å². The molecule has 2 fully saturated rings. The van der Waals surface area contributed by atoms with E-state index in [9.17, 15) is 10.1 Å². The van der Waals surface area contributed by atoms with Gasteiger partial charge in [-0.25, -0.2) is 0 Å². The number of nitro groups is 1. The maximum Gasteiger partial charge on any atom is 0.288 e. The second-order valence-corrected chi connectivity index (χ2v) is 5.89. The largest absolute Gasteiger partial charge is 0.366 e. The van der Waals surface area contributed by atoms with Gasteiger partial charge in [-0.05, 0) is 25.0 Å². The fourth-order valence-electron chi connectivity index (χ4n) is 3.06. The highest BCUT2D eigenvalue weighted by molar-refractivity contribution is 6.33. The number of nitro benzene ring substituents is 1. The van der Waals surface area contributed by atoms with Crippen molar-refractivity contribution in [3.05, 3.63) is 32.8 Å². The molecule has 0 saturated carbocycles. The smallest absolute Gasteiger partial charge is 0.288 e. The number of benzene rings is 1. The monoisotopic (exact) mass is 312 g/mol.